The molecule has 0 bridgehead atoms. The molecular weight excluding hydrogens is 268 g/mol. The molecule has 0 amide bonds. The van der Waals surface area contributed by atoms with Gasteiger partial charge in [0.1, 0.15) is 0 Å². The fourth-order valence-corrected chi connectivity index (χ4v) is 3.91. The van der Waals surface area contributed by atoms with E-state index in [4.69, 9.17) is 0 Å². The van der Waals surface area contributed by atoms with Gasteiger partial charge in [-0.3, -0.25) is 10.1 Å². The van der Waals surface area contributed by atoms with Crippen molar-refractivity contribution in [1.29, 1.82) is 0 Å². The Labute approximate surface area is 113 Å². The second-order valence-corrected chi connectivity index (χ2v) is 6.90. The molecule has 0 aromatic heterocycles. The number of nitrogens with zero attached hydrogens (tertiary/aromatic N) is 2. The van der Waals surface area contributed by atoms with Gasteiger partial charge in [0, 0.05) is 18.2 Å². The summed E-state index contributed by atoms with van der Waals surface area (Å²) in [6.07, 6.45) is 0. The SMILES string of the molecule is CCN(C(C)(C)C)S(=O)(=O)c1ccccc1[N+](=O)[O-]. The zero-order valence-corrected chi connectivity index (χ0v) is 12.3. The van der Waals surface area contributed by atoms with Gasteiger partial charge in [-0.1, -0.05) is 19.1 Å². The summed E-state index contributed by atoms with van der Waals surface area (Å²) in [5.74, 6) is 0. The summed E-state index contributed by atoms with van der Waals surface area (Å²) in [6, 6.07) is 5.40. The summed E-state index contributed by atoms with van der Waals surface area (Å²) < 4.78 is 26.4. The van der Waals surface area contributed by atoms with E-state index in [0.717, 1.165) is 0 Å². The summed E-state index contributed by atoms with van der Waals surface area (Å²) in [5, 5.41) is 11.0. The normalized spacial score (nSPS) is 12.7. The molecule has 19 heavy (non-hydrogen) atoms. The van der Waals surface area contributed by atoms with Crippen LogP contribution in [0, 0.1) is 10.1 Å². The summed E-state index contributed by atoms with van der Waals surface area (Å²) in [4.78, 5) is 10.0. The predicted octanol–water partition coefficient (Wildman–Crippen LogP) is 2.40. The molecule has 0 spiro atoms. The Balaban J connectivity index is 3.48. The molecule has 1 aromatic rings. The first-order valence-corrected chi connectivity index (χ1v) is 7.32. The van der Waals surface area contributed by atoms with Crippen molar-refractivity contribution >= 4 is 15.7 Å². The van der Waals surface area contributed by atoms with Crippen LogP contribution in [0.15, 0.2) is 29.2 Å². The van der Waals surface area contributed by atoms with Gasteiger partial charge in [0.25, 0.3) is 5.69 Å². The smallest absolute Gasteiger partial charge is 0.258 e. The van der Waals surface area contributed by atoms with Crippen molar-refractivity contribution in [2.45, 2.75) is 38.1 Å². The van der Waals surface area contributed by atoms with Crippen LogP contribution in [-0.4, -0.2) is 29.7 Å². The van der Waals surface area contributed by atoms with Crippen molar-refractivity contribution in [2.24, 2.45) is 0 Å². The van der Waals surface area contributed by atoms with Crippen LogP contribution in [-0.2, 0) is 10.0 Å². The van der Waals surface area contributed by atoms with Crippen LogP contribution in [0.3, 0.4) is 0 Å². The van der Waals surface area contributed by atoms with E-state index < -0.39 is 26.2 Å². The molecule has 0 aliphatic heterocycles. The van der Waals surface area contributed by atoms with Crippen LogP contribution in [0.2, 0.25) is 0 Å². The number of sulfonamides is 1. The highest BCUT2D eigenvalue weighted by Gasteiger charge is 2.36. The molecule has 0 aliphatic rings. The van der Waals surface area contributed by atoms with Crippen LogP contribution >= 0.6 is 0 Å². The van der Waals surface area contributed by atoms with E-state index >= 15 is 0 Å². The Kier molecular flexibility index (Phi) is 4.32. The lowest BCUT2D eigenvalue weighted by molar-refractivity contribution is -0.387. The zero-order valence-electron chi connectivity index (χ0n) is 11.5. The van der Waals surface area contributed by atoms with Crippen molar-refractivity contribution < 1.29 is 13.3 Å². The Hall–Kier alpha value is -1.47. The molecule has 106 valence electrons. The van der Waals surface area contributed by atoms with E-state index in [-0.39, 0.29) is 11.4 Å². The second-order valence-electron chi connectivity index (χ2n) is 5.07. The van der Waals surface area contributed by atoms with Gasteiger partial charge in [0.15, 0.2) is 4.90 Å². The van der Waals surface area contributed by atoms with Crippen LogP contribution in [0.4, 0.5) is 5.69 Å². The number of nitro groups is 1. The Morgan fingerprint density at radius 2 is 1.79 bits per heavy atom. The molecule has 0 saturated heterocycles. The quantitative estimate of drug-likeness (QED) is 0.628. The van der Waals surface area contributed by atoms with Crippen molar-refractivity contribution in [3.8, 4) is 0 Å². The number of benzene rings is 1. The van der Waals surface area contributed by atoms with Gasteiger partial charge in [-0.05, 0) is 26.8 Å². The summed E-state index contributed by atoms with van der Waals surface area (Å²) in [7, 11) is -3.89. The highest BCUT2D eigenvalue weighted by Crippen LogP contribution is 2.30. The van der Waals surface area contributed by atoms with Gasteiger partial charge in [0.2, 0.25) is 10.0 Å². The van der Waals surface area contributed by atoms with Gasteiger partial charge in [-0.2, -0.15) is 4.31 Å². The van der Waals surface area contributed by atoms with E-state index in [2.05, 4.69) is 0 Å². The fourth-order valence-electron chi connectivity index (χ4n) is 1.95. The first-order valence-electron chi connectivity index (χ1n) is 5.88. The summed E-state index contributed by atoms with van der Waals surface area (Å²) in [5.41, 5.74) is -1.04. The van der Waals surface area contributed by atoms with Crippen LogP contribution in [0.5, 0.6) is 0 Å². The number of para-hydroxylation sites is 1. The molecule has 0 fully saturated rings. The monoisotopic (exact) mass is 286 g/mol. The van der Waals surface area contributed by atoms with E-state index in [1.807, 2.05) is 0 Å². The lowest BCUT2D eigenvalue weighted by Gasteiger charge is -2.33. The largest absolute Gasteiger partial charge is 0.289 e. The lowest BCUT2D eigenvalue weighted by Crippen LogP contribution is -2.45. The first kappa shape index (κ1) is 15.6. The third-order valence-corrected chi connectivity index (χ3v) is 4.95. The minimum Gasteiger partial charge on any atom is -0.258 e. The van der Waals surface area contributed by atoms with Crippen LogP contribution < -0.4 is 0 Å². The van der Waals surface area contributed by atoms with Crippen LogP contribution in [0.1, 0.15) is 27.7 Å². The number of rotatable bonds is 4. The van der Waals surface area contributed by atoms with E-state index in [1.54, 1.807) is 27.7 Å². The fraction of sp³-hybridized carbons (Fsp3) is 0.500. The summed E-state index contributed by atoms with van der Waals surface area (Å²) >= 11 is 0. The lowest BCUT2D eigenvalue weighted by atomic mass is 10.1. The molecule has 6 nitrogen and oxygen atoms in total. The third kappa shape index (κ3) is 3.10. The topological polar surface area (TPSA) is 80.5 Å². The predicted molar refractivity (Wildman–Crippen MR) is 72.4 cm³/mol. The standard InChI is InChI=1S/C12H18N2O4S/c1-5-13(12(2,3)4)19(17,18)11-9-7-6-8-10(11)14(15)16/h6-9H,5H2,1-4H3. The van der Waals surface area contributed by atoms with Crippen molar-refractivity contribution in [3.05, 3.63) is 34.4 Å². The molecule has 0 unspecified atom stereocenters. The van der Waals surface area contributed by atoms with Gasteiger partial charge in [-0.15, -0.1) is 0 Å². The number of nitro benzene ring substituents is 1. The van der Waals surface area contributed by atoms with Crippen LogP contribution in [0.25, 0.3) is 0 Å². The minimum atomic E-state index is -3.89. The molecule has 0 N–H and O–H groups in total. The highest BCUT2D eigenvalue weighted by atomic mass is 32.2. The van der Waals surface area contributed by atoms with Gasteiger partial charge in [-0.25, -0.2) is 8.42 Å². The molecule has 0 atom stereocenters. The van der Waals surface area contributed by atoms with E-state index in [9.17, 15) is 18.5 Å². The van der Waals surface area contributed by atoms with Gasteiger partial charge >= 0.3 is 0 Å². The van der Waals surface area contributed by atoms with E-state index in [0.29, 0.717) is 0 Å². The molecule has 0 heterocycles. The van der Waals surface area contributed by atoms with Crippen molar-refractivity contribution in [1.82, 2.24) is 4.31 Å². The summed E-state index contributed by atoms with van der Waals surface area (Å²) in [6.45, 7) is 7.21. The maximum atomic E-state index is 12.6. The van der Waals surface area contributed by atoms with Gasteiger partial charge in [0.05, 0.1) is 4.92 Å². The average Bonchev–Trinajstić information content (AvgIpc) is 2.27. The molecule has 1 aromatic carbocycles. The van der Waals surface area contributed by atoms with Crippen molar-refractivity contribution in [3.63, 3.8) is 0 Å². The molecule has 0 aliphatic carbocycles. The van der Waals surface area contributed by atoms with E-state index in [1.165, 1.54) is 28.6 Å². The Bertz CT molecular complexity index is 576. The highest BCUT2D eigenvalue weighted by molar-refractivity contribution is 7.89. The van der Waals surface area contributed by atoms with Gasteiger partial charge < -0.3 is 0 Å². The third-order valence-electron chi connectivity index (χ3n) is 2.67. The minimum absolute atomic E-state index is 0.248. The Morgan fingerprint density at radius 3 is 2.21 bits per heavy atom. The van der Waals surface area contributed by atoms with Crippen molar-refractivity contribution in [2.75, 3.05) is 6.54 Å². The molecule has 0 saturated carbocycles. The first-order chi connectivity index (χ1) is 8.62. The average molecular weight is 286 g/mol. The number of hydrogen-bond donors (Lipinski definition) is 0. The molecule has 1 rings (SSSR count). The zero-order chi connectivity index (χ0) is 14.8. The number of hydrogen-bond acceptors (Lipinski definition) is 4. The molecule has 0 radical (unpaired) electrons. The second kappa shape index (κ2) is 5.26. The Morgan fingerprint density at radius 1 is 1.26 bits per heavy atom. The maximum Gasteiger partial charge on any atom is 0.289 e. The molecule has 7 heteroatoms. The maximum absolute atomic E-state index is 12.6. The molecular formula is C12H18N2O4S.